The van der Waals surface area contributed by atoms with E-state index in [-0.39, 0.29) is 10.6 Å². The van der Waals surface area contributed by atoms with Crippen molar-refractivity contribution in [2.45, 2.75) is 24.8 Å². The third kappa shape index (κ3) is 5.56. The van der Waals surface area contributed by atoms with Crippen LogP contribution in [0.4, 0.5) is 0 Å². The summed E-state index contributed by atoms with van der Waals surface area (Å²) >= 11 is 0. The molecule has 0 aliphatic rings. The van der Waals surface area contributed by atoms with Gasteiger partial charge < -0.3 is 8.92 Å². The molecular formula is C21H22NO4S+. The van der Waals surface area contributed by atoms with Crippen LogP contribution in [0.1, 0.15) is 12.0 Å². The quantitative estimate of drug-likeness (QED) is 0.339. The van der Waals surface area contributed by atoms with Crippen LogP contribution < -0.4 is 13.5 Å². The first-order valence-electron chi connectivity index (χ1n) is 8.71. The maximum absolute atomic E-state index is 12.4. The highest BCUT2D eigenvalue weighted by Gasteiger charge is 2.16. The van der Waals surface area contributed by atoms with Gasteiger partial charge in [0.25, 0.3) is 0 Å². The molecule has 1 heterocycles. The molecule has 0 aliphatic carbocycles. The molecule has 0 radical (unpaired) electrons. The zero-order valence-corrected chi connectivity index (χ0v) is 15.9. The first-order valence-corrected chi connectivity index (χ1v) is 10.1. The van der Waals surface area contributed by atoms with E-state index >= 15 is 0 Å². The van der Waals surface area contributed by atoms with Crippen molar-refractivity contribution >= 4 is 10.1 Å². The third-order valence-electron chi connectivity index (χ3n) is 3.87. The number of ether oxygens (including phenoxy) is 1. The summed E-state index contributed by atoms with van der Waals surface area (Å²) in [6.45, 7) is 3.24. The van der Waals surface area contributed by atoms with Crippen LogP contribution in [0.25, 0.3) is 0 Å². The van der Waals surface area contributed by atoms with E-state index in [1.54, 1.807) is 30.3 Å². The second-order valence-corrected chi connectivity index (χ2v) is 7.69. The molecule has 0 unspecified atom stereocenters. The standard InChI is InChI=1S/C21H22NO4S/c1-18-15-19(25-14-8-13-22-11-6-3-7-12-22)17-20(16-18)26-27(23,24)21-9-4-2-5-10-21/h2-7,9-12,15-17H,8,13-14H2,1H3/q+1. The smallest absolute Gasteiger partial charge is 0.339 e. The number of pyridine rings is 1. The Labute approximate surface area is 159 Å². The summed E-state index contributed by atoms with van der Waals surface area (Å²) in [6, 6.07) is 19.2. The minimum absolute atomic E-state index is 0.119. The maximum atomic E-state index is 12.4. The van der Waals surface area contributed by atoms with E-state index in [0.29, 0.717) is 12.4 Å². The molecule has 5 nitrogen and oxygen atoms in total. The van der Waals surface area contributed by atoms with Crippen molar-refractivity contribution in [2.24, 2.45) is 0 Å². The molecule has 140 valence electrons. The van der Waals surface area contributed by atoms with E-state index in [4.69, 9.17) is 8.92 Å². The van der Waals surface area contributed by atoms with Gasteiger partial charge in [0.15, 0.2) is 18.9 Å². The van der Waals surface area contributed by atoms with Crippen LogP contribution >= 0.6 is 0 Å². The highest BCUT2D eigenvalue weighted by molar-refractivity contribution is 7.87. The fourth-order valence-electron chi connectivity index (χ4n) is 2.63. The summed E-state index contributed by atoms with van der Waals surface area (Å²) in [5.74, 6) is 0.831. The predicted molar refractivity (Wildman–Crippen MR) is 102 cm³/mol. The van der Waals surface area contributed by atoms with Gasteiger partial charge in [-0.25, -0.2) is 4.57 Å². The molecule has 0 saturated heterocycles. The lowest BCUT2D eigenvalue weighted by Crippen LogP contribution is -2.33. The van der Waals surface area contributed by atoms with Crippen LogP contribution in [0.3, 0.4) is 0 Å². The average molecular weight is 384 g/mol. The van der Waals surface area contributed by atoms with Crippen molar-refractivity contribution in [3.05, 3.63) is 84.7 Å². The molecule has 0 fully saturated rings. The van der Waals surface area contributed by atoms with Crippen LogP contribution in [-0.2, 0) is 16.7 Å². The number of aromatic nitrogens is 1. The minimum atomic E-state index is -3.87. The Bertz CT molecular complexity index is 974. The molecule has 3 rings (SSSR count). The Morgan fingerprint density at radius 3 is 2.30 bits per heavy atom. The van der Waals surface area contributed by atoms with Crippen molar-refractivity contribution in [1.29, 1.82) is 0 Å². The van der Waals surface area contributed by atoms with Crippen LogP contribution in [0, 0.1) is 6.92 Å². The summed E-state index contributed by atoms with van der Waals surface area (Å²) in [7, 11) is -3.87. The topological polar surface area (TPSA) is 56.5 Å². The molecule has 0 saturated carbocycles. The van der Waals surface area contributed by atoms with Crippen molar-refractivity contribution in [2.75, 3.05) is 6.61 Å². The third-order valence-corrected chi connectivity index (χ3v) is 5.13. The summed E-state index contributed by atoms with van der Waals surface area (Å²) in [6.07, 6.45) is 4.85. The van der Waals surface area contributed by atoms with Crippen LogP contribution in [0.2, 0.25) is 0 Å². The molecular weight excluding hydrogens is 362 g/mol. The SMILES string of the molecule is Cc1cc(OCCC[n+]2ccccc2)cc(OS(=O)(=O)c2ccccc2)c1. The van der Waals surface area contributed by atoms with Crippen LogP contribution in [0.5, 0.6) is 11.5 Å². The molecule has 0 N–H and O–H groups in total. The molecule has 3 aromatic rings. The first kappa shape index (κ1) is 18.9. The highest BCUT2D eigenvalue weighted by atomic mass is 32.2. The van der Waals surface area contributed by atoms with Gasteiger partial charge in [-0.1, -0.05) is 24.3 Å². The fourth-order valence-corrected chi connectivity index (χ4v) is 3.56. The zero-order valence-electron chi connectivity index (χ0n) is 15.1. The summed E-state index contributed by atoms with van der Waals surface area (Å²) in [5, 5.41) is 0. The average Bonchev–Trinajstić information content (AvgIpc) is 2.66. The largest absolute Gasteiger partial charge is 0.493 e. The molecule has 0 aliphatic heterocycles. The molecule has 27 heavy (non-hydrogen) atoms. The number of hydrogen-bond donors (Lipinski definition) is 0. The van der Waals surface area contributed by atoms with Crippen molar-refractivity contribution in [3.8, 4) is 11.5 Å². The van der Waals surface area contributed by atoms with Gasteiger partial charge in [0, 0.05) is 24.6 Å². The van der Waals surface area contributed by atoms with Crippen LogP contribution in [-0.4, -0.2) is 15.0 Å². The Balaban J connectivity index is 1.62. The van der Waals surface area contributed by atoms with Crippen LogP contribution in [0.15, 0.2) is 84.0 Å². The van der Waals surface area contributed by atoms with Gasteiger partial charge in [-0.15, -0.1) is 0 Å². The Morgan fingerprint density at radius 2 is 1.56 bits per heavy atom. The normalized spacial score (nSPS) is 11.1. The second-order valence-electron chi connectivity index (χ2n) is 6.15. The first-order chi connectivity index (χ1) is 13.0. The van der Waals surface area contributed by atoms with Gasteiger partial charge in [0.2, 0.25) is 0 Å². The number of nitrogens with zero attached hydrogens (tertiary/aromatic N) is 1. The predicted octanol–water partition coefficient (Wildman–Crippen LogP) is 3.52. The molecule has 0 bridgehead atoms. The van der Waals surface area contributed by atoms with E-state index in [0.717, 1.165) is 18.5 Å². The molecule has 2 aromatic carbocycles. The van der Waals surface area contributed by atoms with E-state index in [1.165, 1.54) is 12.1 Å². The van der Waals surface area contributed by atoms with Gasteiger partial charge >= 0.3 is 10.1 Å². The molecule has 6 heteroatoms. The van der Waals surface area contributed by atoms with E-state index in [9.17, 15) is 8.42 Å². The molecule has 0 spiro atoms. The van der Waals surface area contributed by atoms with Gasteiger partial charge in [-0.05, 0) is 36.8 Å². The van der Waals surface area contributed by atoms with Crippen molar-refractivity contribution in [1.82, 2.24) is 0 Å². The number of benzene rings is 2. The monoisotopic (exact) mass is 384 g/mol. The van der Waals surface area contributed by atoms with Gasteiger partial charge in [-0.3, -0.25) is 0 Å². The summed E-state index contributed by atoms with van der Waals surface area (Å²) in [5.41, 5.74) is 0.864. The lowest BCUT2D eigenvalue weighted by molar-refractivity contribution is -0.697. The Morgan fingerprint density at radius 1 is 0.889 bits per heavy atom. The Kier molecular flexibility index (Phi) is 6.08. The molecule has 0 atom stereocenters. The highest BCUT2D eigenvalue weighted by Crippen LogP contribution is 2.25. The second kappa shape index (κ2) is 8.68. The van der Waals surface area contributed by atoms with Gasteiger partial charge in [0.1, 0.15) is 16.4 Å². The lowest BCUT2D eigenvalue weighted by Gasteiger charge is -2.11. The fraction of sp³-hybridized carbons (Fsp3) is 0.190. The zero-order chi connectivity index (χ0) is 19.1. The maximum Gasteiger partial charge on any atom is 0.339 e. The Hall–Kier alpha value is -2.86. The summed E-state index contributed by atoms with van der Waals surface area (Å²) < 4.78 is 37.9. The number of aryl methyl sites for hydroxylation is 2. The van der Waals surface area contributed by atoms with Gasteiger partial charge in [-0.2, -0.15) is 8.42 Å². The van der Waals surface area contributed by atoms with Crippen molar-refractivity contribution < 1.29 is 21.9 Å². The minimum Gasteiger partial charge on any atom is -0.493 e. The number of hydrogen-bond acceptors (Lipinski definition) is 4. The van der Waals surface area contributed by atoms with Gasteiger partial charge in [0.05, 0.1) is 6.61 Å². The molecule has 1 aromatic heterocycles. The molecule has 0 amide bonds. The lowest BCUT2D eigenvalue weighted by atomic mass is 10.2. The van der Waals surface area contributed by atoms with E-state index in [1.807, 2.05) is 43.6 Å². The number of rotatable bonds is 8. The van der Waals surface area contributed by atoms with E-state index < -0.39 is 10.1 Å². The van der Waals surface area contributed by atoms with Crippen molar-refractivity contribution in [3.63, 3.8) is 0 Å². The van der Waals surface area contributed by atoms with E-state index in [2.05, 4.69) is 4.57 Å². The summed E-state index contributed by atoms with van der Waals surface area (Å²) in [4.78, 5) is 0.119.